The summed E-state index contributed by atoms with van der Waals surface area (Å²) < 4.78 is 11.2. The SMILES string of the molecule is COc1cc(CNc2ccc([N+](=O)[O-])cc2)ccc1OCc1ccc([N+](=O)[O-])cc1. The number of non-ortho nitro benzene ring substituents is 2. The minimum atomic E-state index is -0.447. The van der Waals surface area contributed by atoms with E-state index >= 15 is 0 Å². The molecular formula is C21H19N3O6. The zero-order valence-corrected chi connectivity index (χ0v) is 16.1. The van der Waals surface area contributed by atoms with Gasteiger partial charge in [0.1, 0.15) is 6.61 Å². The molecule has 1 N–H and O–H groups in total. The number of anilines is 1. The maximum absolute atomic E-state index is 10.7. The molecule has 0 saturated carbocycles. The highest BCUT2D eigenvalue weighted by molar-refractivity contribution is 5.50. The van der Waals surface area contributed by atoms with Gasteiger partial charge in [-0.1, -0.05) is 6.07 Å². The fraction of sp³-hybridized carbons (Fsp3) is 0.143. The number of nitrogens with zero attached hydrogens (tertiary/aromatic N) is 2. The highest BCUT2D eigenvalue weighted by Gasteiger charge is 2.09. The predicted octanol–water partition coefficient (Wildman–Crippen LogP) is 4.70. The molecule has 3 rings (SSSR count). The molecule has 3 aromatic rings. The van der Waals surface area contributed by atoms with Crippen LogP contribution in [0.5, 0.6) is 11.5 Å². The summed E-state index contributed by atoms with van der Waals surface area (Å²) in [6.45, 7) is 0.742. The van der Waals surface area contributed by atoms with Crippen LogP contribution in [0.3, 0.4) is 0 Å². The Morgan fingerprint density at radius 3 is 1.93 bits per heavy atom. The van der Waals surface area contributed by atoms with Crippen LogP contribution in [0.1, 0.15) is 11.1 Å². The van der Waals surface area contributed by atoms with Crippen molar-refractivity contribution in [1.29, 1.82) is 0 Å². The Morgan fingerprint density at radius 1 is 0.800 bits per heavy atom. The number of ether oxygens (including phenoxy) is 2. The van der Waals surface area contributed by atoms with Crippen molar-refractivity contribution in [3.8, 4) is 11.5 Å². The summed E-state index contributed by atoms with van der Waals surface area (Å²) in [5.74, 6) is 1.11. The van der Waals surface area contributed by atoms with Gasteiger partial charge in [0.2, 0.25) is 0 Å². The molecule has 0 spiro atoms. The summed E-state index contributed by atoms with van der Waals surface area (Å²) >= 11 is 0. The molecular weight excluding hydrogens is 390 g/mol. The van der Waals surface area contributed by atoms with Crippen molar-refractivity contribution in [2.75, 3.05) is 12.4 Å². The minimum absolute atomic E-state index is 0.0289. The summed E-state index contributed by atoms with van der Waals surface area (Å²) in [5, 5.41) is 24.6. The van der Waals surface area contributed by atoms with E-state index in [0.29, 0.717) is 18.0 Å². The molecule has 9 nitrogen and oxygen atoms in total. The van der Waals surface area contributed by atoms with Crippen molar-refractivity contribution in [2.45, 2.75) is 13.2 Å². The van der Waals surface area contributed by atoms with Crippen LogP contribution in [0, 0.1) is 20.2 Å². The number of nitro groups is 2. The molecule has 3 aromatic carbocycles. The largest absolute Gasteiger partial charge is 0.493 e. The van der Waals surface area contributed by atoms with Crippen molar-refractivity contribution in [1.82, 2.24) is 0 Å². The molecule has 0 aliphatic carbocycles. The molecule has 0 heterocycles. The standard InChI is InChI=1S/C21H19N3O6/c1-29-21-12-16(13-22-17-5-9-19(10-6-17)24(27)28)4-11-20(21)30-14-15-2-7-18(8-3-15)23(25)26/h2-12,22H,13-14H2,1H3. The molecule has 154 valence electrons. The number of hydrogen-bond acceptors (Lipinski definition) is 7. The first-order valence-corrected chi connectivity index (χ1v) is 8.97. The Balaban J connectivity index is 1.61. The predicted molar refractivity (Wildman–Crippen MR) is 111 cm³/mol. The molecule has 0 unspecified atom stereocenters. The van der Waals surface area contributed by atoms with Gasteiger partial charge in [0, 0.05) is 36.5 Å². The average molecular weight is 409 g/mol. The third kappa shape index (κ3) is 5.22. The average Bonchev–Trinajstić information content (AvgIpc) is 2.77. The molecule has 0 saturated heterocycles. The van der Waals surface area contributed by atoms with E-state index in [1.165, 1.54) is 24.3 Å². The number of benzene rings is 3. The van der Waals surface area contributed by atoms with Gasteiger partial charge >= 0.3 is 0 Å². The first-order chi connectivity index (χ1) is 14.5. The quantitative estimate of drug-likeness (QED) is 0.402. The van der Waals surface area contributed by atoms with E-state index in [-0.39, 0.29) is 18.0 Å². The van der Waals surface area contributed by atoms with Crippen LogP contribution < -0.4 is 14.8 Å². The smallest absolute Gasteiger partial charge is 0.269 e. The minimum Gasteiger partial charge on any atom is -0.493 e. The zero-order valence-electron chi connectivity index (χ0n) is 16.1. The molecule has 0 atom stereocenters. The van der Waals surface area contributed by atoms with Crippen LogP contribution in [0.15, 0.2) is 66.7 Å². The summed E-state index contributed by atoms with van der Waals surface area (Å²) in [4.78, 5) is 20.5. The first-order valence-electron chi connectivity index (χ1n) is 8.97. The van der Waals surface area contributed by atoms with Crippen LogP contribution in [-0.4, -0.2) is 17.0 Å². The van der Waals surface area contributed by atoms with Gasteiger partial charge in [0.25, 0.3) is 11.4 Å². The third-order valence-corrected chi connectivity index (χ3v) is 4.34. The van der Waals surface area contributed by atoms with Gasteiger partial charge in [-0.15, -0.1) is 0 Å². The maximum Gasteiger partial charge on any atom is 0.269 e. The van der Waals surface area contributed by atoms with Gasteiger partial charge in [-0.25, -0.2) is 0 Å². The van der Waals surface area contributed by atoms with Crippen LogP contribution in [-0.2, 0) is 13.2 Å². The van der Waals surface area contributed by atoms with Crippen molar-refractivity contribution >= 4 is 17.1 Å². The first kappa shape index (κ1) is 20.6. The van der Waals surface area contributed by atoms with E-state index in [4.69, 9.17) is 9.47 Å². The van der Waals surface area contributed by atoms with E-state index in [0.717, 1.165) is 16.8 Å². The number of rotatable bonds is 9. The Bertz CT molecular complexity index is 1040. The summed E-state index contributed by atoms with van der Waals surface area (Å²) in [5.41, 5.74) is 2.57. The molecule has 0 amide bonds. The van der Waals surface area contributed by atoms with Gasteiger partial charge in [-0.05, 0) is 47.5 Å². The summed E-state index contributed by atoms with van der Waals surface area (Å²) in [7, 11) is 1.54. The Labute approximate surface area is 172 Å². The summed E-state index contributed by atoms with van der Waals surface area (Å²) in [6.07, 6.45) is 0. The molecule has 0 radical (unpaired) electrons. The fourth-order valence-electron chi connectivity index (χ4n) is 2.72. The monoisotopic (exact) mass is 409 g/mol. The Morgan fingerprint density at radius 2 is 1.37 bits per heavy atom. The summed E-state index contributed by atoms with van der Waals surface area (Å²) in [6, 6.07) is 17.9. The van der Waals surface area contributed by atoms with E-state index < -0.39 is 9.85 Å². The van der Waals surface area contributed by atoms with Crippen LogP contribution >= 0.6 is 0 Å². The lowest BCUT2D eigenvalue weighted by atomic mass is 10.2. The second-order valence-corrected chi connectivity index (χ2v) is 6.35. The van der Waals surface area contributed by atoms with Gasteiger partial charge in [0.05, 0.1) is 17.0 Å². The molecule has 0 bridgehead atoms. The van der Waals surface area contributed by atoms with Gasteiger partial charge < -0.3 is 14.8 Å². The molecule has 0 aliphatic rings. The lowest BCUT2D eigenvalue weighted by molar-refractivity contribution is -0.385. The molecule has 9 heteroatoms. The van der Waals surface area contributed by atoms with Gasteiger partial charge in [-0.3, -0.25) is 20.2 Å². The topological polar surface area (TPSA) is 117 Å². The van der Waals surface area contributed by atoms with E-state index in [9.17, 15) is 20.2 Å². The van der Waals surface area contributed by atoms with Crippen molar-refractivity contribution in [3.63, 3.8) is 0 Å². The molecule has 30 heavy (non-hydrogen) atoms. The number of nitrogens with one attached hydrogen (secondary N) is 1. The van der Waals surface area contributed by atoms with E-state index in [2.05, 4.69) is 5.32 Å². The highest BCUT2D eigenvalue weighted by atomic mass is 16.6. The normalized spacial score (nSPS) is 10.3. The molecule has 0 aromatic heterocycles. The van der Waals surface area contributed by atoms with Crippen LogP contribution in [0.2, 0.25) is 0 Å². The second kappa shape index (κ2) is 9.37. The van der Waals surface area contributed by atoms with Crippen LogP contribution in [0.25, 0.3) is 0 Å². The number of nitro benzene ring substituents is 2. The maximum atomic E-state index is 10.7. The number of methoxy groups -OCH3 is 1. The molecule has 0 aliphatic heterocycles. The van der Waals surface area contributed by atoms with Crippen molar-refractivity contribution < 1.29 is 19.3 Å². The van der Waals surface area contributed by atoms with Crippen molar-refractivity contribution in [2.24, 2.45) is 0 Å². The fourth-order valence-corrected chi connectivity index (χ4v) is 2.72. The van der Waals surface area contributed by atoms with Gasteiger partial charge in [-0.2, -0.15) is 0 Å². The molecule has 0 fully saturated rings. The van der Waals surface area contributed by atoms with E-state index in [1.807, 2.05) is 12.1 Å². The second-order valence-electron chi connectivity index (χ2n) is 6.35. The van der Waals surface area contributed by atoms with Gasteiger partial charge in [0.15, 0.2) is 11.5 Å². The lowest BCUT2D eigenvalue weighted by Gasteiger charge is -2.13. The lowest BCUT2D eigenvalue weighted by Crippen LogP contribution is -2.02. The number of hydrogen-bond donors (Lipinski definition) is 1. The van der Waals surface area contributed by atoms with E-state index in [1.54, 1.807) is 37.4 Å². The highest BCUT2D eigenvalue weighted by Crippen LogP contribution is 2.29. The van der Waals surface area contributed by atoms with Crippen molar-refractivity contribution in [3.05, 3.63) is 98.1 Å². The zero-order chi connectivity index (χ0) is 21.5. The Kier molecular flexibility index (Phi) is 6.43. The third-order valence-electron chi connectivity index (χ3n) is 4.34. The Hall–Kier alpha value is -4.14. The van der Waals surface area contributed by atoms with Crippen LogP contribution in [0.4, 0.5) is 17.1 Å².